The van der Waals surface area contributed by atoms with Gasteiger partial charge in [0, 0.05) is 13.5 Å². The summed E-state index contributed by atoms with van der Waals surface area (Å²) in [6.45, 7) is 2.28. The molecule has 0 unspecified atom stereocenters. The highest BCUT2D eigenvalue weighted by Gasteiger charge is 2.12. The molecule has 0 saturated heterocycles. The van der Waals surface area contributed by atoms with Gasteiger partial charge in [0.1, 0.15) is 0 Å². The van der Waals surface area contributed by atoms with E-state index in [0.29, 0.717) is 0 Å². The summed E-state index contributed by atoms with van der Waals surface area (Å²) in [5.41, 5.74) is 0. The predicted molar refractivity (Wildman–Crippen MR) is 48.9 cm³/mol. The average molecular weight is 168 g/mol. The molecule has 1 radical (unpaired) electrons. The molecule has 0 aromatic carbocycles. The van der Waals surface area contributed by atoms with Crippen molar-refractivity contribution >= 4 is 5.91 Å². The molecule has 1 rings (SSSR count). The van der Waals surface area contributed by atoms with Gasteiger partial charge >= 0.3 is 0 Å². The minimum Gasteiger partial charge on any atom is -0.273 e. The Morgan fingerprint density at radius 1 is 1.33 bits per heavy atom. The summed E-state index contributed by atoms with van der Waals surface area (Å²) in [5.74, 6) is 0.827. The summed E-state index contributed by atoms with van der Waals surface area (Å²) in [5, 5.41) is 3.88. The number of rotatable bonds is 3. The SMILES string of the molecule is CC(=O)[N]CCC1CCCCC1. The fourth-order valence-electron chi connectivity index (χ4n) is 1.88. The van der Waals surface area contributed by atoms with Crippen LogP contribution >= 0.6 is 0 Å². The third-order valence-corrected chi connectivity index (χ3v) is 2.60. The Kier molecular flexibility index (Phi) is 4.12. The zero-order valence-electron chi connectivity index (χ0n) is 7.88. The van der Waals surface area contributed by atoms with Crippen LogP contribution in [0.15, 0.2) is 0 Å². The molecule has 2 nitrogen and oxygen atoms in total. The number of nitrogens with zero attached hydrogens (tertiary/aromatic N) is 1. The van der Waals surface area contributed by atoms with Crippen LogP contribution in [0.3, 0.4) is 0 Å². The van der Waals surface area contributed by atoms with E-state index in [1.807, 2.05) is 0 Å². The van der Waals surface area contributed by atoms with Crippen LogP contribution in [-0.2, 0) is 4.79 Å². The van der Waals surface area contributed by atoms with Gasteiger partial charge in [-0.3, -0.25) is 10.1 Å². The van der Waals surface area contributed by atoms with Crippen molar-refractivity contribution in [3.8, 4) is 0 Å². The van der Waals surface area contributed by atoms with E-state index in [4.69, 9.17) is 0 Å². The van der Waals surface area contributed by atoms with Gasteiger partial charge in [-0.05, 0) is 12.3 Å². The van der Waals surface area contributed by atoms with Crippen LogP contribution < -0.4 is 5.32 Å². The first-order chi connectivity index (χ1) is 5.79. The lowest BCUT2D eigenvalue weighted by molar-refractivity contribution is -0.119. The number of carbonyl (C=O) groups is 1. The lowest BCUT2D eigenvalue weighted by atomic mass is 9.87. The van der Waals surface area contributed by atoms with Crippen molar-refractivity contribution in [3.63, 3.8) is 0 Å². The monoisotopic (exact) mass is 168 g/mol. The molecule has 1 fully saturated rings. The van der Waals surface area contributed by atoms with Gasteiger partial charge in [-0.15, -0.1) is 0 Å². The summed E-state index contributed by atoms with van der Waals surface area (Å²) < 4.78 is 0. The van der Waals surface area contributed by atoms with Crippen molar-refractivity contribution in [2.24, 2.45) is 5.92 Å². The van der Waals surface area contributed by atoms with Crippen molar-refractivity contribution in [1.82, 2.24) is 5.32 Å². The molecule has 12 heavy (non-hydrogen) atoms. The topological polar surface area (TPSA) is 31.2 Å². The molecule has 69 valence electrons. The van der Waals surface area contributed by atoms with Gasteiger partial charge in [-0.2, -0.15) is 0 Å². The molecule has 1 amide bonds. The van der Waals surface area contributed by atoms with Gasteiger partial charge in [0.05, 0.1) is 0 Å². The first-order valence-electron chi connectivity index (χ1n) is 4.97. The van der Waals surface area contributed by atoms with Crippen LogP contribution in [0.25, 0.3) is 0 Å². The normalized spacial score (nSPS) is 19.1. The van der Waals surface area contributed by atoms with Gasteiger partial charge < -0.3 is 0 Å². The second-order valence-electron chi connectivity index (χ2n) is 3.69. The third kappa shape index (κ3) is 3.74. The number of amides is 1. The second kappa shape index (κ2) is 5.18. The summed E-state index contributed by atoms with van der Waals surface area (Å²) >= 11 is 0. The largest absolute Gasteiger partial charge is 0.273 e. The second-order valence-corrected chi connectivity index (χ2v) is 3.69. The molecule has 2 heteroatoms. The Bertz CT molecular complexity index is 139. The average Bonchev–Trinajstić information content (AvgIpc) is 2.05. The first kappa shape index (κ1) is 9.56. The Hall–Kier alpha value is -0.530. The van der Waals surface area contributed by atoms with Crippen LogP contribution in [0.2, 0.25) is 0 Å². The van der Waals surface area contributed by atoms with Crippen molar-refractivity contribution in [3.05, 3.63) is 0 Å². The van der Waals surface area contributed by atoms with E-state index in [1.54, 1.807) is 0 Å². The smallest absolute Gasteiger partial charge is 0.238 e. The molecular formula is C10H18NO. The highest BCUT2D eigenvalue weighted by molar-refractivity contribution is 5.72. The van der Waals surface area contributed by atoms with E-state index >= 15 is 0 Å². The summed E-state index contributed by atoms with van der Waals surface area (Å²) in [4.78, 5) is 10.5. The minimum absolute atomic E-state index is 0.0224. The minimum atomic E-state index is -0.0224. The fraction of sp³-hybridized carbons (Fsp3) is 0.900. The van der Waals surface area contributed by atoms with Gasteiger partial charge in [0.25, 0.3) is 0 Å². The van der Waals surface area contributed by atoms with E-state index in [-0.39, 0.29) is 5.91 Å². The quantitative estimate of drug-likeness (QED) is 0.635. The highest BCUT2D eigenvalue weighted by Crippen LogP contribution is 2.25. The van der Waals surface area contributed by atoms with Crippen LogP contribution in [0.4, 0.5) is 0 Å². The number of carbonyl (C=O) groups excluding carboxylic acids is 1. The lowest BCUT2D eigenvalue weighted by Crippen LogP contribution is -2.17. The molecular weight excluding hydrogens is 150 g/mol. The first-order valence-corrected chi connectivity index (χ1v) is 4.97. The maximum absolute atomic E-state index is 10.5. The zero-order chi connectivity index (χ0) is 8.81. The molecule has 0 aromatic heterocycles. The molecule has 0 aliphatic heterocycles. The fourth-order valence-corrected chi connectivity index (χ4v) is 1.88. The summed E-state index contributed by atoms with van der Waals surface area (Å²) in [6, 6.07) is 0. The van der Waals surface area contributed by atoms with E-state index in [9.17, 15) is 4.79 Å². The number of hydrogen-bond acceptors (Lipinski definition) is 1. The van der Waals surface area contributed by atoms with E-state index in [0.717, 1.165) is 18.9 Å². The van der Waals surface area contributed by atoms with E-state index in [1.165, 1.54) is 39.0 Å². The molecule has 0 spiro atoms. The molecule has 0 bridgehead atoms. The molecule has 1 aliphatic rings. The maximum Gasteiger partial charge on any atom is 0.238 e. The van der Waals surface area contributed by atoms with Gasteiger partial charge in [-0.25, -0.2) is 0 Å². The van der Waals surface area contributed by atoms with Crippen LogP contribution in [0.1, 0.15) is 45.4 Å². The molecule has 0 N–H and O–H groups in total. The van der Waals surface area contributed by atoms with E-state index in [2.05, 4.69) is 5.32 Å². The van der Waals surface area contributed by atoms with Crippen molar-refractivity contribution in [1.29, 1.82) is 0 Å². The molecule has 0 atom stereocenters. The Morgan fingerprint density at radius 3 is 2.58 bits per heavy atom. The Morgan fingerprint density at radius 2 is 2.00 bits per heavy atom. The summed E-state index contributed by atoms with van der Waals surface area (Å²) in [6.07, 6.45) is 8.00. The molecule has 0 heterocycles. The van der Waals surface area contributed by atoms with Crippen LogP contribution in [-0.4, -0.2) is 12.5 Å². The Labute approximate surface area is 74.7 Å². The van der Waals surface area contributed by atoms with Crippen LogP contribution in [0, 0.1) is 5.92 Å². The van der Waals surface area contributed by atoms with Gasteiger partial charge in [0.2, 0.25) is 5.91 Å². The lowest BCUT2D eigenvalue weighted by Gasteiger charge is -2.20. The zero-order valence-corrected chi connectivity index (χ0v) is 7.88. The van der Waals surface area contributed by atoms with Gasteiger partial charge in [-0.1, -0.05) is 32.1 Å². The Balaban J connectivity index is 2.01. The highest BCUT2D eigenvalue weighted by atomic mass is 16.1. The van der Waals surface area contributed by atoms with Crippen LogP contribution in [0.5, 0.6) is 0 Å². The summed E-state index contributed by atoms with van der Waals surface area (Å²) in [7, 11) is 0. The molecule has 0 aromatic rings. The maximum atomic E-state index is 10.5. The predicted octanol–water partition coefficient (Wildman–Crippen LogP) is 2.11. The third-order valence-electron chi connectivity index (χ3n) is 2.60. The van der Waals surface area contributed by atoms with Crippen molar-refractivity contribution in [2.75, 3.05) is 6.54 Å². The van der Waals surface area contributed by atoms with Crippen molar-refractivity contribution < 1.29 is 4.79 Å². The van der Waals surface area contributed by atoms with Gasteiger partial charge in [0.15, 0.2) is 0 Å². The van der Waals surface area contributed by atoms with E-state index < -0.39 is 0 Å². The molecule has 1 saturated carbocycles. The molecule has 1 aliphatic carbocycles. The number of hydrogen-bond donors (Lipinski definition) is 0. The standard InChI is InChI=1S/C10H18NO/c1-9(12)11-8-7-10-5-3-2-4-6-10/h10H,2-8H2,1H3. The van der Waals surface area contributed by atoms with Crippen molar-refractivity contribution in [2.45, 2.75) is 45.4 Å².